The molecule has 2 amide bonds. The molecule has 0 saturated carbocycles. The van der Waals surface area contributed by atoms with Crippen molar-refractivity contribution in [1.82, 2.24) is 15.5 Å². The molecule has 0 aromatic rings. The summed E-state index contributed by atoms with van der Waals surface area (Å²) >= 11 is 0. The van der Waals surface area contributed by atoms with E-state index in [-0.39, 0.29) is 17.9 Å². The van der Waals surface area contributed by atoms with Gasteiger partial charge >= 0.3 is 0 Å². The standard InChI is InChI=1S/C10H17N3O3/c1-13(7-4-11-5-8(7)14)10(16)6-2-3-9(15)12-6/h6-8,11,14H,2-5H2,1H3,(H,12,15)/t6-,7-,8-/m0/s1. The third-order valence-electron chi connectivity index (χ3n) is 3.29. The van der Waals surface area contributed by atoms with Crippen molar-refractivity contribution in [3.63, 3.8) is 0 Å². The molecule has 0 aliphatic carbocycles. The van der Waals surface area contributed by atoms with E-state index in [2.05, 4.69) is 10.6 Å². The molecule has 2 heterocycles. The van der Waals surface area contributed by atoms with E-state index in [4.69, 9.17) is 0 Å². The Balaban J connectivity index is 1.96. The number of likely N-dealkylation sites (N-methyl/N-ethyl adjacent to an activating group) is 1. The Labute approximate surface area is 94.0 Å². The molecule has 0 aromatic heterocycles. The minimum absolute atomic E-state index is 0.0724. The van der Waals surface area contributed by atoms with Crippen molar-refractivity contribution in [1.29, 1.82) is 0 Å². The van der Waals surface area contributed by atoms with Crippen molar-refractivity contribution in [2.45, 2.75) is 31.0 Å². The van der Waals surface area contributed by atoms with E-state index in [0.717, 1.165) is 0 Å². The van der Waals surface area contributed by atoms with Gasteiger partial charge in [-0.15, -0.1) is 0 Å². The van der Waals surface area contributed by atoms with Crippen molar-refractivity contribution in [2.24, 2.45) is 0 Å². The summed E-state index contributed by atoms with van der Waals surface area (Å²) in [5.41, 5.74) is 0. The highest BCUT2D eigenvalue weighted by atomic mass is 16.3. The summed E-state index contributed by atoms with van der Waals surface area (Å²) in [5.74, 6) is -0.185. The smallest absolute Gasteiger partial charge is 0.245 e. The summed E-state index contributed by atoms with van der Waals surface area (Å²) in [6, 6.07) is -0.602. The van der Waals surface area contributed by atoms with Gasteiger partial charge in [-0.25, -0.2) is 0 Å². The lowest BCUT2D eigenvalue weighted by Gasteiger charge is -2.28. The topological polar surface area (TPSA) is 81.7 Å². The summed E-state index contributed by atoms with van der Waals surface area (Å²) in [6.07, 6.45) is 0.444. The highest BCUT2D eigenvalue weighted by Crippen LogP contribution is 2.13. The summed E-state index contributed by atoms with van der Waals surface area (Å²) < 4.78 is 0. The summed E-state index contributed by atoms with van der Waals surface area (Å²) in [6.45, 7) is 1.11. The van der Waals surface area contributed by atoms with E-state index >= 15 is 0 Å². The molecule has 0 aromatic carbocycles. The maximum Gasteiger partial charge on any atom is 0.245 e. The van der Waals surface area contributed by atoms with Crippen LogP contribution in [0.25, 0.3) is 0 Å². The van der Waals surface area contributed by atoms with Crippen molar-refractivity contribution in [3.8, 4) is 0 Å². The molecule has 2 saturated heterocycles. The Bertz CT molecular complexity index is 308. The van der Waals surface area contributed by atoms with Gasteiger partial charge in [0.2, 0.25) is 11.8 Å². The fourth-order valence-electron chi connectivity index (χ4n) is 2.25. The fraction of sp³-hybridized carbons (Fsp3) is 0.800. The second-order valence-corrected chi connectivity index (χ2v) is 4.40. The third-order valence-corrected chi connectivity index (χ3v) is 3.29. The lowest BCUT2D eigenvalue weighted by Crippen LogP contribution is -2.50. The number of hydrogen-bond donors (Lipinski definition) is 3. The molecule has 3 N–H and O–H groups in total. The van der Waals surface area contributed by atoms with E-state index in [1.165, 1.54) is 0 Å². The molecule has 2 aliphatic heterocycles. The molecule has 6 heteroatoms. The van der Waals surface area contributed by atoms with Crippen molar-refractivity contribution in [2.75, 3.05) is 20.1 Å². The van der Waals surface area contributed by atoms with Gasteiger partial charge in [-0.1, -0.05) is 0 Å². The van der Waals surface area contributed by atoms with Gasteiger partial charge in [0.1, 0.15) is 6.04 Å². The number of aliphatic hydroxyl groups excluding tert-OH is 1. The van der Waals surface area contributed by atoms with Crippen LogP contribution in [0, 0.1) is 0 Å². The van der Waals surface area contributed by atoms with Crippen LogP contribution in [-0.2, 0) is 9.59 Å². The van der Waals surface area contributed by atoms with Gasteiger partial charge in [-0.3, -0.25) is 9.59 Å². The van der Waals surface area contributed by atoms with E-state index in [0.29, 0.717) is 25.9 Å². The molecule has 3 atom stereocenters. The summed E-state index contributed by atoms with van der Waals surface area (Å²) in [7, 11) is 1.67. The number of aliphatic hydroxyl groups is 1. The predicted octanol–water partition coefficient (Wildman–Crippen LogP) is -1.94. The third kappa shape index (κ3) is 2.03. The lowest BCUT2D eigenvalue weighted by molar-refractivity contribution is -0.136. The highest BCUT2D eigenvalue weighted by Gasteiger charge is 2.36. The Morgan fingerprint density at radius 2 is 2.25 bits per heavy atom. The van der Waals surface area contributed by atoms with E-state index in [9.17, 15) is 14.7 Å². The zero-order chi connectivity index (χ0) is 11.7. The molecule has 6 nitrogen and oxygen atoms in total. The lowest BCUT2D eigenvalue weighted by atomic mass is 10.1. The van der Waals surface area contributed by atoms with Crippen LogP contribution < -0.4 is 10.6 Å². The van der Waals surface area contributed by atoms with Crippen LogP contribution in [-0.4, -0.2) is 60.1 Å². The van der Waals surface area contributed by atoms with Gasteiger partial charge < -0.3 is 20.6 Å². The fourth-order valence-corrected chi connectivity index (χ4v) is 2.25. The molecule has 2 aliphatic rings. The molecule has 90 valence electrons. The molecule has 2 fully saturated rings. The van der Waals surface area contributed by atoms with Crippen LogP contribution in [0.4, 0.5) is 0 Å². The second kappa shape index (κ2) is 4.39. The van der Waals surface area contributed by atoms with E-state index in [1.54, 1.807) is 11.9 Å². The first-order chi connectivity index (χ1) is 7.59. The minimum Gasteiger partial charge on any atom is -0.390 e. The van der Waals surface area contributed by atoms with Crippen molar-refractivity contribution in [3.05, 3.63) is 0 Å². The molecule has 0 unspecified atom stereocenters. The first-order valence-corrected chi connectivity index (χ1v) is 5.54. The largest absolute Gasteiger partial charge is 0.390 e. The molecular weight excluding hydrogens is 210 g/mol. The second-order valence-electron chi connectivity index (χ2n) is 4.40. The van der Waals surface area contributed by atoms with Crippen molar-refractivity contribution >= 4 is 11.8 Å². The number of hydrogen-bond acceptors (Lipinski definition) is 4. The minimum atomic E-state index is -0.522. The van der Waals surface area contributed by atoms with E-state index in [1.807, 2.05) is 0 Å². The quantitative estimate of drug-likeness (QED) is 0.512. The Morgan fingerprint density at radius 3 is 2.75 bits per heavy atom. The monoisotopic (exact) mass is 227 g/mol. The van der Waals surface area contributed by atoms with Crippen LogP contribution in [0.2, 0.25) is 0 Å². The highest BCUT2D eigenvalue weighted by molar-refractivity contribution is 5.90. The van der Waals surface area contributed by atoms with Crippen LogP contribution in [0.1, 0.15) is 12.8 Å². The number of carbonyl (C=O) groups is 2. The molecule has 0 spiro atoms. The zero-order valence-corrected chi connectivity index (χ0v) is 9.27. The number of carbonyl (C=O) groups excluding carboxylic acids is 2. The molecular formula is C10H17N3O3. The van der Waals surface area contributed by atoms with Crippen LogP contribution >= 0.6 is 0 Å². The Morgan fingerprint density at radius 1 is 1.50 bits per heavy atom. The Kier molecular flexibility index (Phi) is 3.11. The first-order valence-electron chi connectivity index (χ1n) is 5.54. The Hall–Kier alpha value is -1.14. The number of β-amino-alcohol motifs (C(OH)–C–C–N with tert-alkyl or cyclic N) is 1. The van der Waals surface area contributed by atoms with Crippen molar-refractivity contribution < 1.29 is 14.7 Å². The van der Waals surface area contributed by atoms with Crippen LogP contribution in [0.3, 0.4) is 0 Å². The van der Waals surface area contributed by atoms with Crippen LogP contribution in [0.15, 0.2) is 0 Å². The SMILES string of the molecule is CN(C(=O)[C@@H]1CCC(=O)N1)[C@H]1CNC[C@@H]1O. The zero-order valence-electron chi connectivity index (χ0n) is 9.27. The maximum atomic E-state index is 12.0. The average molecular weight is 227 g/mol. The van der Waals surface area contributed by atoms with Gasteiger partial charge in [0, 0.05) is 26.6 Å². The predicted molar refractivity (Wildman–Crippen MR) is 56.6 cm³/mol. The van der Waals surface area contributed by atoms with Gasteiger partial charge in [0.25, 0.3) is 0 Å². The van der Waals surface area contributed by atoms with Gasteiger partial charge in [0.15, 0.2) is 0 Å². The number of rotatable bonds is 2. The molecule has 0 bridgehead atoms. The van der Waals surface area contributed by atoms with Gasteiger partial charge in [-0.2, -0.15) is 0 Å². The summed E-state index contributed by atoms with van der Waals surface area (Å²) in [5, 5.41) is 15.3. The number of nitrogens with one attached hydrogen (secondary N) is 2. The molecule has 0 radical (unpaired) electrons. The number of nitrogens with zero attached hydrogens (tertiary/aromatic N) is 1. The van der Waals surface area contributed by atoms with E-state index < -0.39 is 12.1 Å². The van der Waals surface area contributed by atoms with Gasteiger partial charge in [-0.05, 0) is 6.42 Å². The first kappa shape index (κ1) is 11.3. The maximum absolute atomic E-state index is 12.0. The normalized spacial score (nSPS) is 33.9. The number of amides is 2. The van der Waals surface area contributed by atoms with Gasteiger partial charge in [0.05, 0.1) is 12.1 Å². The molecule has 16 heavy (non-hydrogen) atoms. The van der Waals surface area contributed by atoms with Crippen LogP contribution in [0.5, 0.6) is 0 Å². The summed E-state index contributed by atoms with van der Waals surface area (Å²) in [4.78, 5) is 24.6. The average Bonchev–Trinajstić information content (AvgIpc) is 2.85. The molecule has 2 rings (SSSR count).